The van der Waals surface area contributed by atoms with Gasteiger partial charge in [-0.2, -0.15) is 0 Å². The lowest BCUT2D eigenvalue weighted by atomic mass is 9.55. The molecule has 0 bridgehead atoms. The highest BCUT2D eigenvalue weighted by molar-refractivity contribution is 5.86. The van der Waals surface area contributed by atoms with Gasteiger partial charge in [-0.3, -0.25) is 0 Å². The van der Waals surface area contributed by atoms with Crippen LogP contribution < -0.4 is 4.74 Å². The van der Waals surface area contributed by atoms with Crippen molar-refractivity contribution < 1.29 is 31.8 Å². The van der Waals surface area contributed by atoms with Crippen LogP contribution in [-0.4, -0.2) is 34.2 Å². The molecule has 0 spiro atoms. The highest BCUT2D eigenvalue weighted by Gasteiger charge is 2.63. The molecule has 0 aromatic heterocycles. The zero-order valence-corrected chi connectivity index (χ0v) is 62.8. The first-order valence-corrected chi connectivity index (χ1v) is 40.7. The van der Waals surface area contributed by atoms with Gasteiger partial charge >= 0.3 is 0 Å². The van der Waals surface area contributed by atoms with Crippen LogP contribution in [0, 0.1) is 64.5 Å². The molecule has 111 heavy (non-hydrogen) atoms. The monoisotopic (exact) mass is 1470 g/mol. The van der Waals surface area contributed by atoms with Crippen LogP contribution in [0.25, 0.3) is 22.8 Å². The van der Waals surface area contributed by atoms with Gasteiger partial charge in [0.05, 0.1) is 29.8 Å². The summed E-state index contributed by atoms with van der Waals surface area (Å²) in [5.41, 5.74) is 18.7. The maximum absolute atomic E-state index is 15.3. The summed E-state index contributed by atoms with van der Waals surface area (Å²) in [6, 6.07) is 30.9. The molecule has 1 saturated heterocycles. The molecule has 558 valence electrons. The van der Waals surface area contributed by atoms with Crippen molar-refractivity contribution in [3.63, 3.8) is 0 Å². The zero-order chi connectivity index (χ0) is 74.9. The van der Waals surface area contributed by atoms with E-state index < -0.39 is 5.41 Å². The van der Waals surface area contributed by atoms with Gasteiger partial charge in [-0.25, -0.2) is 17.6 Å². The van der Waals surface area contributed by atoms with Crippen LogP contribution in [0.2, 0.25) is 0 Å². The van der Waals surface area contributed by atoms with Gasteiger partial charge < -0.3 is 24.0 Å². The van der Waals surface area contributed by atoms with Gasteiger partial charge in [-0.1, -0.05) is 207 Å². The maximum Gasteiger partial charge on any atom is 0.127 e. The van der Waals surface area contributed by atoms with Gasteiger partial charge in [0.15, 0.2) is 0 Å². The quantitative estimate of drug-likeness (QED) is 0.0733. The highest BCUT2D eigenvalue weighted by Crippen LogP contribution is 2.69. The molecule has 4 aromatic carbocycles. The molecule has 14 aliphatic carbocycles. The normalized spacial score (nSPS) is 31.8. The minimum atomic E-state index is -0.663. The Morgan fingerprint density at radius 2 is 1.31 bits per heavy atom. The summed E-state index contributed by atoms with van der Waals surface area (Å²) >= 11 is 0. The maximum atomic E-state index is 15.3. The Hall–Kier alpha value is -10.3. The second kappa shape index (κ2) is 29.7. The number of hydrogen-bond donors (Lipinski definition) is 0. The minimum Gasteiger partial charge on any atom is -0.458 e. The fourth-order valence-electron chi connectivity index (χ4n) is 21.8. The number of ether oxygens (including phenoxy) is 3. The summed E-state index contributed by atoms with van der Waals surface area (Å²) < 4.78 is 81.3. The average Bonchev–Trinajstić information content (AvgIpc) is 1.55. The summed E-state index contributed by atoms with van der Waals surface area (Å²) in [7, 11) is 0. The third-order valence-corrected chi connectivity index (χ3v) is 26.9. The number of fused-ring (bicyclic) bond motifs is 9. The molecule has 19 rings (SSSR count). The van der Waals surface area contributed by atoms with Crippen molar-refractivity contribution in [1.29, 1.82) is 0 Å². The van der Waals surface area contributed by atoms with Crippen molar-refractivity contribution in [1.82, 2.24) is 9.80 Å². The molecule has 0 amide bonds. The van der Waals surface area contributed by atoms with E-state index in [4.69, 9.17) is 14.2 Å². The Bertz CT molecular complexity index is 5220. The number of nitrogens with zero attached hydrogens (tertiary/aromatic N) is 2. The molecule has 15 unspecified atom stereocenters. The molecule has 2 fully saturated rings. The lowest BCUT2D eigenvalue weighted by molar-refractivity contribution is 0.0422. The van der Waals surface area contributed by atoms with Crippen LogP contribution >= 0.6 is 0 Å². The van der Waals surface area contributed by atoms with Gasteiger partial charge in [0.25, 0.3) is 0 Å². The van der Waals surface area contributed by atoms with Gasteiger partial charge in [0.1, 0.15) is 34.8 Å². The summed E-state index contributed by atoms with van der Waals surface area (Å²) in [5.74, 6) is 2.30. The van der Waals surface area contributed by atoms with Crippen molar-refractivity contribution in [2.75, 3.05) is 0 Å². The van der Waals surface area contributed by atoms with Gasteiger partial charge in [0.2, 0.25) is 0 Å². The molecule has 5 nitrogen and oxygen atoms in total. The predicted molar refractivity (Wildman–Crippen MR) is 439 cm³/mol. The van der Waals surface area contributed by atoms with E-state index in [1.165, 1.54) is 44.7 Å². The Morgan fingerprint density at radius 3 is 2.05 bits per heavy atom. The third-order valence-electron chi connectivity index (χ3n) is 26.9. The SMILES string of the molecule is C=CC1=CCC(OC2C=CC(C3(C4C=CC(F)=CC4)C4C=CC=CC4C4CCC(C5C=C(N(C6=CC7C(C=C6)OC6CCC(N(C8=CCCC(c9ccc%10c(c9)C(c9ccc(F)cc9)(C9C=CC(Oc%11ccc(C=C)cc%11)=CC9)c9ccccc9-%10)=C8)C8=CC=C(F)CC8)=CC67)C6=CC=C(F)CC6)C=CC5)=CC43)=CC2)C=C1. The van der Waals surface area contributed by atoms with Crippen molar-refractivity contribution >= 4 is 11.6 Å². The number of rotatable bonds is 18. The van der Waals surface area contributed by atoms with Gasteiger partial charge in [-0.15, -0.1) is 0 Å². The van der Waals surface area contributed by atoms with E-state index in [0.717, 1.165) is 120 Å². The Balaban J connectivity index is 0.639. The second-order valence-corrected chi connectivity index (χ2v) is 32.7. The van der Waals surface area contributed by atoms with E-state index >= 15 is 17.6 Å². The zero-order valence-electron chi connectivity index (χ0n) is 62.8. The number of benzene rings is 4. The number of allylic oxidation sites excluding steroid dienone is 34. The molecular weight excluding hydrogens is 1380 g/mol. The molecule has 4 aromatic rings. The van der Waals surface area contributed by atoms with Crippen molar-refractivity contribution in [3.05, 3.63) is 400 Å². The van der Waals surface area contributed by atoms with Crippen LogP contribution in [0.15, 0.2) is 367 Å². The lowest BCUT2D eigenvalue weighted by Gasteiger charge is -2.48. The van der Waals surface area contributed by atoms with Crippen molar-refractivity contribution in [2.24, 2.45) is 58.7 Å². The molecule has 15 atom stereocenters. The van der Waals surface area contributed by atoms with Crippen LogP contribution in [0.5, 0.6) is 5.75 Å². The molecule has 1 aliphatic heterocycles. The summed E-state index contributed by atoms with van der Waals surface area (Å²) in [4.78, 5) is 4.87. The fourth-order valence-corrected chi connectivity index (χ4v) is 21.8. The molecule has 0 N–H and O–H groups in total. The van der Waals surface area contributed by atoms with Crippen LogP contribution in [0.4, 0.5) is 17.6 Å². The predicted octanol–water partition coefficient (Wildman–Crippen LogP) is 25.1. The first kappa shape index (κ1) is 71.0. The van der Waals surface area contributed by atoms with Crippen molar-refractivity contribution in [2.45, 2.75) is 126 Å². The van der Waals surface area contributed by atoms with Crippen LogP contribution in [0.3, 0.4) is 0 Å². The van der Waals surface area contributed by atoms with E-state index in [0.29, 0.717) is 50.4 Å². The van der Waals surface area contributed by atoms with Crippen LogP contribution in [-0.2, 0) is 14.9 Å². The summed E-state index contributed by atoms with van der Waals surface area (Å²) in [6.45, 7) is 7.88. The topological polar surface area (TPSA) is 34.2 Å². The van der Waals surface area contributed by atoms with Crippen molar-refractivity contribution in [3.8, 4) is 16.9 Å². The fraction of sp³-hybridized carbons (Fsp3) is 0.294. The van der Waals surface area contributed by atoms with E-state index in [1.807, 2.05) is 66.8 Å². The summed E-state index contributed by atoms with van der Waals surface area (Å²) in [5, 5.41) is 0. The molecular formula is C102H94F4N2O3. The van der Waals surface area contributed by atoms with E-state index in [1.54, 1.807) is 30.4 Å². The Morgan fingerprint density at radius 1 is 0.532 bits per heavy atom. The minimum absolute atomic E-state index is 0.00360. The first-order chi connectivity index (χ1) is 54.5. The lowest BCUT2D eigenvalue weighted by Crippen LogP contribution is -2.42. The Kier molecular flexibility index (Phi) is 19.0. The molecule has 1 saturated carbocycles. The molecule has 0 radical (unpaired) electrons. The third kappa shape index (κ3) is 12.9. The molecule has 1 heterocycles. The summed E-state index contributed by atoms with van der Waals surface area (Å²) in [6.07, 6.45) is 81.2. The highest BCUT2D eigenvalue weighted by atomic mass is 19.1. The second-order valence-electron chi connectivity index (χ2n) is 32.7. The Labute approximate surface area is 651 Å². The van der Waals surface area contributed by atoms with Gasteiger partial charge in [-0.05, 0) is 272 Å². The standard InChI is InChI=1S/C102H94F4N2O3/c1-3-65-19-47-85(48-20-65)109-87-51-29-73(30-52-87)101(71-25-33-75(103)34-26-71)95-17-7-5-15-89(95)91-55-23-69(61-97(91)101)67-11-9-13-81(59-67)107(79-41-37-77(105)38-42-79)83-45-57-99-93(63-83)94-64-84(46-58-100(94)111-99)108(80-43-39-78(106)40-44-80)82-14-10-12-68(60-82)70-24-56-92-90-16-6-8-18-96(90)102(98(92)62-70,72-27-35-76(104)36-28-72)74-31-53-88(54-32-74)110-86-49-21-66(4-2)22-50-86/h3-9,13-22,24-25,27-31,33-37,39,41,43,45,47,49-51,53-54,56-57,59-64,67,71,74,85,87,89,91,93-95,97,99-100H,1-2,10-12,23,26,32,38,40,42,44,46,48,52,55,58H2. The average molecular weight is 1470 g/mol. The molecule has 9 heteroatoms. The molecule has 15 aliphatic rings. The smallest absolute Gasteiger partial charge is 0.127 e. The number of hydrogen-bond acceptors (Lipinski definition) is 5. The van der Waals surface area contributed by atoms with Crippen LogP contribution in [0.1, 0.15) is 124 Å². The van der Waals surface area contributed by atoms with E-state index in [2.05, 4.69) is 211 Å². The van der Waals surface area contributed by atoms with Gasteiger partial charge in [0, 0.05) is 70.2 Å². The van der Waals surface area contributed by atoms with E-state index in [-0.39, 0.29) is 94.6 Å². The first-order valence-electron chi connectivity index (χ1n) is 40.7. The largest absolute Gasteiger partial charge is 0.458 e. The van der Waals surface area contributed by atoms with E-state index in [9.17, 15) is 0 Å². The number of halogens is 4.